The molecule has 110 valence electrons. The molecule has 2 heterocycles. The van der Waals surface area contributed by atoms with Crippen molar-refractivity contribution in [3.8, 4) is 0 Å². The van der Waals surface area contributed by atoms with Crippen molar-refractivity contribution in [2.24, 2.45) is 0 Å². The predicted octanol–water partition coefficient (Wildman–Crippen LogP) is 2.75. The summed E-state index contributed by atoms with van der Waals surface area (Å²) in [4.78, 5) is 9.20. The highest BCUT2D eigenvalue weighted by molar-refractivity contribution is 9.10. The largest absolute Gasteiger partial charge is 0.397 e. The monoisotopic (exact) mass is 346 g/mol. The van der Waals surface area contributed by atoms with E-state index in [1.54, 1.807) is 6.20 Å². The lowest BCUT2D eigenvalue weighted by Crippen LogP contribution is -2.46. The van der Waals surface area contributed by atoms with Gasteiger partial charge in [0.15, 0.2) is 0 Å². The predicted molar refractivity (Wildman–Crippen MR) is 90.3 cm³/mol. The number of nitrogen functional groups attached to an aromatic ring is 1. The molecule has 0 aliphatic carbocycles. The Bertz CT molecular complexity index is 591. The van der Waals surface area contributed by atoms with Crippen molar-refractivity contribution < 1.29 is 0 Å². The van der Waals surface area contributed by atoms with E-state index in [1.165, 1.54) is 5.56 Å². The molecule has 1 saturated heterocycles. The van der Waals surface area contributed by atoms with E-state index < -0.39 is 0 Å². The molecule has 1 aromatic heterocycles. The van der Waals surface area contributed by atoms with Crippen LogP contribution >= 0.6 is 15.9 Å². The summed E-state index contributed by atoms with van der Waals surface area (Å²) in [6, 6.07) is 12.4. The number of hydrogen-bond donors (Lipinski definition) is 1. The highest BCUT2D eigenvalue weighted by atomic mass is 79.9. The number of benzene rings is 1. The molecule has 0 saturated carbocycles. The Morgan fingerprint density at radius 3 is 2.57 bits per heavy atom. The molecular weight excluding hydrogens is 328 g/mol. The lowest BCUT2D eigenvalue weighted by atomic mass is 10.2. The van der Waals surface area contributed by atoms with Crippen molar-refractivity contribution in [2.45, 2.75) is 6.54 Å². The van der Waals surface area contributed by atoms with Crippen LogP contribution in [0.2, 0.25) is 0 Å². The zero-order valence-electron chi connectivity index (χ0n) is 11.9. The molecule has 21 heavy (non-hydrogen) atoms. The van der Waals surface area contributed by atoms with Gasteiger partial charge in [-0.15, -0.1) is 0 Å². The second kappa shape index (κ2) is 6.45. The molecule has 0 radical (unpaired) electrons. The van der Waals surface area contributed by atoms with E-state index in [1.807, 2.05) is 12.1 Å². The summed E-state index contributed by atoms with van der Waals surface area (Å²) in [5.74, 6) is 1.02. The lowest BCUT2D eigenvalue weighted by molar-refractivity contribution is 0.249. The van der Waals surface area contributed by atoms with E-state index in [4.69, 9.17) is 5.73 Å². The first-order valence-electron chi connectivity index (χ1n) is 7.14. The fraction of sp³-hybridized carbons (Fsp3) is 0.312. The van der Waals surface area contributed by atoms with Crippen LogP contribution in [0, 0.1) is 0 Å². The molecule has 0 atom stereocenters. The summed E-state index contributed by atoms with van der Waals surface area (Å²) in [5, 5.41) is 0. The van der Waals surface area contributed by atoms with Gasteiger partial charge in [-0.1, -0.05) is 28.1 Å². The van der Waals surface area contributed by atoms with E-state index >= 15 is 0 Å². The first kappa shape index (κ1) is 14.4. The molecule has 1 fully saturated rings. The number of rotatable bonds is 3. The molecule has 1 aliphatic heterocycles. The molecule has 1 aromatic carbocycles. The number of hydrogen-bond acceptors (Lipinski definition) is 4. The number of piperazine rings is 1. The van der Waals surface area contributed by atoms with Crippen molar-refractivity contribution in [3.63, 3.8) is 0 Å². The van der Waals surface area contributed by atoms with Crippen LogP contribution in [0.5, 0.6) is 0 Å². The molecule has 0 amide bonds. The smallest absolute Gasteiger partial charge is 0.128 e. The molecule has 2 N–H and O–H groups in total. The van der Waals surface area contributed by atoms with Crippen LogP contribution < -0.4 is 10.6 Å². The van der Waals surface area contributed by atoms with Crippen molar-refractivity contribution >= 4 is 27.4 Å². The van der Waals surface area contributed by atoms with Crippen molar-refractivity contribution in [3.05, 3.63) is 52.6 Å². The minimum atomic E-state index is 0.715. The van der Waals surface area contributed by atoms with Crippen LogP contribution in [-0.2, 0) is 6.54 Å². The Morgan fingerprint density at radius 2 is 1.90 bits per heavy atom. The molecule has 0 spiro atoms. The fourth-order valence-electron chi connectivity index (χ4n) is 2.61. The normalized spacial score (nSPS) is 16.1. The van der Waals surface area contributed by atoms with Gasteiger partial charge in [0.2, 0.25) is 0 Å². The quantitative estimate of drug-likeness (QED) is 0.928. The minimum Gasteiger partial charge on any atom is -0.397 e. The standard InChI is InChI=1S/C16H19BrN4/c17-14-3-1-2-13(10-14)12-20-6-8-21(9-7-20)16-5-4-15(18)11-19-16/h1-5,10-11H,6-9,12,18H2. The number of nitrogens with two attached hydrogens (primary N) is 1. The van der Waals surface area contributed by atoms with Crippen molar-refractivity contribution in [2.75, 3.05) is 36.8 Å². The van der Waals surface area contributed by atoms with Crippen molar-refractivity contribution in [1.82, 2.24) is 9.88 Å². The van der Waals surface area contributed by atoms with Crippen LogP contribution in [-0.4, -0.2) is 36.1 Å². The number of pyridine rings is 1. The molecule has 3 rings (SSSR count). The fourth-order valence-corrected chi connectivity index (χ4v) is 3.06. The zero-order valence-corrected chi connectivity index (χ0v) is 13.5. The highest BCUT2D eigenvalue weighted by Crippen LogP contribution is 2.17. The number of anilines is 2. The van der Waals surface area contributed by atoms with Gasteiger partial charge < -0.3 is 10.6 Å². The molecule has 5 heteroatoms. The number of aromatic nitrogens is 1. The summed E-state index contributed by atoms with van der Waals surface area (Å²) in [6.07, 6.45) is 1.73. The number of nitrogens with zero attached hydrogens (tertiary/aromatic N) is 3. The average Bonchev–Trinajstić information content (AvgIpc) is 2.49. The van der Waals surface area contributed by atoms with Gasteiger partial charge in [-0.2, -0.15) is 0 Å². The van der Waals surface area contributed by atoms with Crippen LogP contribution in [0.3, 0.4) is 0 Å². The Balaban J connectivity index is 1.56. The molecular formula is C16H19BrN4. The van der Waals surface area contributed by atoms with E-state index in [9.17, 15) is 0 Å². The van der Waals surface area contributed by atoms with Gasteiger partial charge >= 0.3 is 0 Å². The summed E-state index contributed by atoms with van der Waals surface area (Å²) in [5.41, 5.74) is 7.75. The molecule has 1 aliphatic rings. The van der Waals surface area contributed by atoms with Gasteiger partial charge in [0.05, 0.1) is 11.9 Å². The summed E-state index contributed by atoms with van der Waals surface area (Å²) in [6.45, 7) is 5.12. The second-order valence-corrected chi connectivity index (χ2v) is 6.26. The summed E-state index contributed by atoms with van der Waals surface area (Å²) < 4.78 is 1.14. The van der Waals surface area contributed by atoms with E-state index in [0.717, 1.165) is 43.0 Å². The first-order chi connectivity index (χ1) is 10.2. The van der Waals surface area contributed by atoms with E-state index in [2.05, 4.69) is 55.0 Å². The van der Waals surface area contributed by atoms with E-state index in [-0.39, 0.29) is 0 Å². The minimum absolute atomic E-state index is 0.715. The summed E-state index contributed by atoms with van der Waals surface area (Å²) in [7, 11) is 0. The number of halogens is 1. The topological polar surface area (TPSA) is 45.4 Å². The second-order valence-electron chi connectivity index (χ2n) is 5.34. The Labute approximate surface area is 133 Å². The molecule has 2 aromatic rings. The molecule has 4 nitrogen and oxygen atoms in total. The lowest BCUT2D eigenvalue weighted by Gasteiger charge is -2.35. The van der Waals surface area contributed by atoms with Crippen LogP contribution in [0.25, 0.3) is 0 Å². The maximum absolute atomic E-state index is 5.68. The third kappa shape index (κ3) is 3.74. The van der Waals surface area contributed by atoms with Gasteiger partial charge in [0, 0.05) is 37.2 Å². The maximum Gasteiger partial charge on any atom is 0.128 e. The SMILES string of the molecule is Nc1ccc(N2CCN(Cc3cccc(Br)c3)CC2)nc1. The van der Waals surface area contributed by atoms with Gasteiger partial charge in [0.1, 0.15) is 5.82 Å². The van der Waals surface area contributed by atoms with Gasteiger partial charge in [0.25, 0.3) is 0 Å². The van der Waals surface area contributed by atoms with Crippen molar-refractivity contribution in [1.29, 1.82) is 0 Å². The van der Waals surface area contributed by atoms with Crippen LogP contribution in [0.15, 0.2) is 47.1 Å². The van der Waals surface area contributed by atoms with Crippen LogP contribution in [0.1, 0.15) is 5.56 Å². The van der Waals surface area contributed by atoms with Crippen LogP contribution in [0.4, 0.5) is 11.5 Å². The third-order valence-electron chi connectivity index (χ3n) is 3.76. The van der Waals surface area contributed by atoms with Gasteiger partial charge in [-0.05, 0) is 29.8 Å². The third-order valence-corrected chi connectivity index (χ3v) is 4.26. The Hall–Kier alpha value is -1.59. The van der Waals surface area contributed by atoms with Gasteiger partial charge in [-0.25, -0.2) is 4.98 Å². The molecule has 0 bridgehead atoms. The first-order valence-corrected chi connectivity index (χ1v) is 7.93. The highest BCUT2D eigenvalue weighted by Gasteiger charge is 2.17. The maximum atomic E-state index is 5.68. The molecule has 0 unspecified atom stereocenters. The van der Waals surface area contributed by atoms with E-state index in [0.29, 0.717) is 5.69 Å². The Morgan fingerprint density at radius 1 is 1.10 bits per heavy atom. The zero-order chi connectivity index (χ0) is 14.7. The average molecular weight is 347 g/mol. The summed E-state index contributed by atoms with van der Waals surface area (Å²) >= 11 is 3.53. The van der Waals surface area contributed by atoms with Gasteiger partial charge in [-0.3, -0.25) is 4.90 Å². The Kier molecular flexibility index (Phi) is 4.41.